The molecular formula is C15H17BrN4O. The van der Waals surface area contributed by atoms with Crippen LogP contribution in [0.15, 0.2) is 47.1 Å². The largest absolute Gasteiger partial charge is 0.339 e. The number of carbonyl (C=O) groups is 1. The van der Waals surface area contributed by atoms with Crippen LogP contribution in [-0.4, -0.2) is 17.1 Å². The predicted molar refractivity (Wildman–Crippen MR) is 89.0 cm³/mol. The highest BCUT2D eigenvalue weighted by molar-refractivity contribution is 9.10. The first kappa shape index (κ1) is 15.3. The number of pyridine rings is 1. The van der Waals surface area contributed by atoms with Crippen LogP contribution in [0.3, 0.4) is 0 Å². The summed E-state index contributed by atoms with van der Waals surface area (Å²) < 4.78 is 0.963. The third-order valence-corrected chi connectivity index (χ3v) is 3.27. The van der Waals surface area contributed by atoms with Gasteiger partial charge >= 0.3 is 6.03 Å². The van der Waals surface area contributed by atoms with Crippen molar-refractivity contribution in [3.8, 4) is 0 Å². The molecule has 0 aliphatic rings. The summed E-state index contributed by atoms with van der Waals surface area (Å²) in [6.07, 6.45) is 1.61. The van der Waals surface area contributed by atoms with E-state index in [9.17, 15) is 4.79 Å². The number of anilines is 3. The monoisotopic (exact) mass is 348 g/mol. The number of rotatable bonds is 4. The highest BCUT2D eigenvalue weighted by Gasteiger charge is 2.04. The Balaban J connectivity index is 1.99. The molecule has 21 heavy (non-hydrogen) atoms. The number of para-hydroxylation sites is 1. The molecule has 0 spiro atoms. The van der Waals surface area contributed by atoms with Gasteiger partial charge in [0.1, 0.15) is 5.82 Å². The van der Waals surface area contributed by atoms with Gasteiger partial charge < -0.3 is 16.0 Å². The Morgan fingerprint density at radius 1 is 1.19 bits per heavy atom. The van der Waals surface area contributed by atoms with Gasteiger partial charge in [-0.1, -0.05) is 12.1 Å². The van der Waals surface area contributed by atoms with E-state index in [-0.39, 0.29) is 12.1 Å². The Morgan fingerprint density at radius 3 is 2.57 bits per heavy atom. The Bertz CT molecular complexity index is 613. The Kier molecular flexibility index (Phi) is 5.16. The zero-order valence-corrected chi connectivity index (χ0v) is 13.4. The SMILES string of the molecule is CC(C)NC(=O)Nc1ccc(Nc2ccccc2Br)nc1. The highest BCUT2D eigenvalue weighted by atomic mass is 79.9. The van der Waals surface area contributed by atoms with Crippen molar-refractivity contribution in [1.29, 1.82) is 0 Å². The number of urea groups is 1. The molecule has 0 aliphatic heterocycles. The lowest BCUT2D eigenvalue weighted by molar-refractivity contribution is 0.250. The number of hydrogen-bond donors (Lipinski definition) is 3. The molecule has 0 radical (unpaired) electrons. The summed E-state index contributed by atoms with van der Waals surface area (Å²) in [6.45, 7) is 3.81. The van der Waals surface area contributed by atoms with Crippen LogP contribution in [0.5, 0.6) is 0 Å². The molecule has 1 aromatic carbocycles. The van der Waals surface area contributed by atoms with Crippen molar-refractivity contribution in [1.82, 2.24) is 10.3 Å². The number of nitrogens with one attached hydrogen (secondary N) is 3. The second kappa shape index (κ2) is 7.08. The molecule has 0 fully saturated rings. The average molecular weight is 349 g/mol. The van der Waals surface area contributed by atoms with E-state index >= 15 is 0 Å². The smallest absolute Gasteiger partial charge is 0.319 e. The summed E-state index contributed by atoms with van der Waals surface area (Å²) in [5, 5.41) is 8.68. The van der Waals surface area contributed by atoms with E-state index in [0.29, 0.717) is 11.5 Å². The van der Waals surface area contributed by atoms with Crippen LogP contribution >= 0.6 is 15.9 Å². The summed E-state index contributed by atoms with van der Waals surface area (Å²) in [6, 6.07) is 11.3. The summed E-state index contributed by atoms with van der Waals surface area (Å²) in [7, 11) is 0. The van der Waals surface area contributed by atoms with Crippen LogP contribution in [0.2, 0.25) is 0 Å². The summed E-state index contributed by atoms with van der Waals surface area (Å²) in [5.41, 5.74) is 1.58. The summed E-state index contributed by atoms with van der Waals surface area (Å²) >= 11 is 3.47. The molecular weight excluding hydrogens is 332 g/mol. The first-order valence-corrected chi connectivity index (χ1v) is 7.39. The number of amides is 2. The van der Waals surface area contributed by atoms with E-state index in [1.54, 1.807) is 12.3 Å². The second-order valence-electron chi connectivity index (χ2n) is 4.79. The minimum atomic E-state index is -0.238. The van der Waals surface area contributed by atoms with Crippen LogP contribution in [0.25, 0.3) is 0 Å². The molecule has 2 aromatic rings. The maximum absolute atomic E-state index is 11.6. The Morgan fingerprint density at radius 2 is 1.95 bits per heavy atom. The second-order valence-corrected chi connectivity index (χ2v) is 5.64. The molecule has 1 aromatic heterocycles. The van der Waals surface area contributed by atoms with Gasteiger partial charge in [0.05, 0.1) is 17.6 Å². The van der Waals surface area contributed by atoms with Crippen LogP contribution in [0.4, 0.5) is 22.0 Å². The maximum Gasteiger partial charge on any atom is 0.319 e. The fraction of sp³-hybridized carbons (Fsp3) is 0.200. The van der Waals surface area contributed by atoms with Gasteiger partial charge in [0.2, 0.25) is 0 Å². The maximum atomic E-state index is 11.6. The van der Waals surface area contributed by atoms with Gasteiger partial charge in [-0.3, -0.25) is 0 Å². The van der Waals surface area contributed by atoms with E-state index in [1.807, 2.05) is 44.2 Å². The topological polar surface area (TPSA) is 66.1 Å². The lowest BCUT2D eigenvalue weighted by atomic mass is 10.3. The van der Waals surface area contributed by atoms with Gasteiger partial charge in [-0.2, -0.15) is 0 Å². The number of halogens is 1. The van der Waals surface area contributed by atoms with E-state index < -0.39 is 0 Å². The van der Waals surface area contributed by atoms with Crippen LogP contribution in [0, 0.1) is 0 Å². The van der Waals surface area contributed by atoms with Crippen molar-refractivity contribution in [2.24, 2.45) is 0 Å². The molecule has 0 saturated carbocycles. The fourth-order valence-electron chi connectivity index (χ4n) is 1.67. The van der Waals surface area contributed by atoms with Crippen molar-refractivity contribution in [3.05, 3.63) is 47.1 Å². The molecule has 1 heterocycles. The van der Waals surface area contributed by atoms with Gasteiger partial charge in [-0.15, -0.1) is 0 Å². The van der Waals surface area contributed by atoms with Gasteiger partial charge in [0.15, 0.2) is 0 Å². The minimum absolute atomic E-state index is 0.0920. The molecule has 0 unspecified atom stereocenters. The predicted octanol–water partition coefficient (Wildman–Crippen LogP) is 4.12. The first-order chi connectivity index (χ1) is 10.0. The van der Waals surface area contributed by atoms with Crippen molar-refractivity contribution in [2.45, 2.75) is 19.9 Å². The number of benzene rings is 1. The quantitative estimate of drug-likeness (QED) is 0.778. The van der Waals surface area contributed by atoms with Gasteiger partial charge in [-0.25, -0.2) is 9.78 Å². The molecule has 110 valence electrons. The first-order valence-electron chi connectivity index (χ1n) is 6.59. The molecule has 0 atom stereocenters. The number of aromatic nitrogens is 1. The molecule has 3 N–H and O–H groups in total. The zero-order valence-electron chi connectivity index (χ0n) is 11.9. The highest BCUT2D eigenvalue weighted by Crippen LogP contribution is 2.24. The van der Waals surface area contributed by atoms with Gasteiger partial charge in [-0.05, 0) is 54.0 Å². The molecule has 2 amide bonds. The molecule has 2 rings (SSSR count). The van der Waals surface area contributed by atoms with Crippen LogP contribution in [0.1, 0.15) is 13.8 Å². The minimum Gasteiger partial charge on any atom is -0.339 e. The van der Waals surface area contributed by atoms with Crippen molar-refractivity contribution < 1.29 is 4.79 Å². The van der Waals surface area contributed by atoms with Gasteiger partial charge in [0.25, 0.3) is 0 Å². The molecule has 5 nitrogen and oxygen atoms in total. The number of nitrogens with zero attached hydrogens (tertiary/aromatic N) is 1. The molecule has 0 aliphatic carbocycles. The average Bonchev–Trinajstić information content (AvgIpc) is 2.42. The standard InChI is InChI=1S/C15H17BrN4O/c1-10(2)18-15(21)19-11-7-8-14(17-9-11)20-13-6-4-3-5-12(13)16/h3-10H,1-2H3,(H,17,20)(H2,18,19,21). The normalized spacial score (nSPS) is 10.3. The summed E-state index contributed by atoms with van der Waals surface area (Å²) in [5.74, 6) is 0.705. The third-order valence-electron chi connectivity index (χ3n) is 2.58. The Hall–Kier alpha value is -2.08. The molecule has 0 bridgehead atoms. The lowest BCUT2D eigenvalue weighted by Gasteiger charge is -2.11. The van der Waals surface area contributed by atoms with Crippen LogP contribution < -0.4 is 16.0 Å². The van der Waals surface area contributed by atoms with E-state index in [4.69, 9.17) is 0 Å². The van der Waals surface area contributed by atoms with Crippen molar-refractivity contribution in [2.75, 3.05) is 10.6 Å². The van der Waals surface area contributed by atoms with E-state index in [0.717, 1.165) is 10.2 Å². The lowest BCUT2D eigenvalue weighted by Crippen LogP contribution is -2.34. The van der Waals surface area contributed by atoms with E-state index in [2.05, 4.69) is 36.9 Å². The van der Waals surface area contributed by atoms with Crippen molar-refractivity contribution >= 4 is 39.2 Å². The van der Waals surface area contributed by atoms with Crippen molar-refractivity contribution in [3.63, 3.8) is 0 Å². The zero-order chi connectivity index (χ0) is 15.2. The number of hydrogen-bond acceptors (Lipinski definition) is 3. The van der Waals surface area contributed by atoms with Gasteiger partial charge in [0, 0.05) is 10.5 Å². The Labute approximate surface area is 132 Å². The molecule has 6 heteroatoms. The fourth-order valence-corrected chi connectivity index (χ4v) is 2.06. The summed E-state index contributed by atoms with van der Waals surface area (Å²) in [4.78, 5) is 15.8. The molecule has 0 saturated heterocycles. The third kappa shape index (κ3) is 4.75. The van der Waals surface area contributed by atoms with Crippen LogP contribution in [-0.2, 0) is 0 Å². The van der Waals surface area contributed by atoms with E-state index in [1.165, 1.54) is 0 Å². The number of carbonyl (C=O) groups excluding carboxylic acids is 1.